The highest BCUT2D eigenvalue weighted by Gasteiger charge is 2.46. The normalized spacial score (nSPS) is 18.4. The van der Waals surface area contributed by atoms with E-state index in [1.54, 1.807) is 0 Å². The minimum Gasteiger partial charge on any atom is -0.444 e. The van der Waals surface area contributed by atoms with Crippen LogP contribution in [-0.2, 0) is 11.2 Å². The van der Waals surface area contributed by atoms with Crippen LogP contribution < -0.4 is 5.32 Å². The van der Waals surface area contributed by atoms with Crippen molar-refractivity contribution in [2.45, 2.75) is 122 Å². The standard InChI is InChI=1S/C36H53N3O2Si/c1-24(2)42(25(3)4,26(5)6)39-23-32(28-18-20-38(21-19-28)35(40)41-36(7,8)9)31-16-15-29(22-34(31)39)37-33-17-14-27-12-10-11-13-30(27)33/h10-13,15-16,22-26,28,33,37H,14,17-21H2,1-9H3. The van der Waals surface area contributed by atoms with Crippen LogP contribution in [0.4, 0.5) is 10.5 Å². The minimum atomic E-state index is -1.99. The molecule has 1 aliphatic carbocycles. The van der Waals surface area contributed by atoms with Gasteiger partial charge in [0.25, 0.3) is 0 Å². The fourth-order valence-electron chi connectivity index (χ4n) is 8.43. The number of benzene rings is 2. The molecule has 1 unspecified atom stereocenters. The van der Waals surface area contributed by atoms with Crippen molar-refractivity contribution in [3.63, 3.8) is 0 Å². The number of nitrogens with zero attached hydrogens (tertiary/aromatic N) is 2. The highest BCUT2D eigenvalue weighted by Crippen LogP contribution is 2.47. The Hall–Kier alpha value is -2.73. The third-order valence-electron chi connectivity index (χ3n) is 10.1. The number of aromatic nitrogens is 1. The lowest BCUT2D eigenvalue weighted by Gasteiger charge is -2.44. The summed E-state index contributed by atoms with van der Waals surface area (Å²) in [6.07, 6.45) is 6.59. The van der Waals surface area contributed by atoms with Crippen LogP contribution in [0.15, 0.2) is 48.7 Å². The van der Waals surface area contributed by atoms with Crippen molar-refractivity contribution in [2.75, 3.05) is 18.4 Å². The predicted molar refractivity (Wildman–Crippen MR) is 179 cm³/mol. The molecule has 5 nitrogen and oxygen atoms in total. The highest BCUT2D eigenvalue weighted by molar-refractivity contribution is 6.82. The second-order valence-electron chi connectivity index (χ2n) is 14.7. The molecule has 42 heavy (non-hydrogen) atoms. The van der Waals surface area contributed by atoms with Gasteiger partial charge in [-0.25, -0.2) is 4.79 Å². The number of piperidine rings is 1. The molecule has 5 rings (SSSR count). The van der Waals surface area contributed by atoms with Crippen LogP contribution >= 0.6 is 0 Å². The number of carbonyl (C=O) groups is 1. The fourth-order valence-corrected chi connectivity index (χ4v) is 15.1. The largest absolute Gasteiger partial charge is 0.444 e. The molecule has 0 spiro atoms. The molecule has 2 heterocycles. The molecule has 1 amide bonds. The number of aryl methyl sites for hydroxylation is 1. The number of amides is 1. The Morgan fingerprint density at radius 3 is 2.17 bits per heavy atom. The van der Waals surface area contributed by atoms with Crippen molar-refractivity contribution in [2.24, 2.45) is 0 Å². The van der Waals surface area contributed by atoms with Crippen LogP contribution in [0.25, 0.3) is 10.9 Å². The third-order valence-corrected chi connectivity index (χ3v) is 16.8. The Balaban J connectivity index is 1.53. The van der Waals surface area contributed by atoms with Crippen LogP contribution in [0, 0.1) is 0 Å². The Kier molecular flexibility index (Phi) is 8.59. The van der Waals surface area contributed by atoms with Crippen LogP contribution in [0.3, 0.4) is 0 Å². The van der Waals surface area contributed by atoms with E-state index >= 15 is 0 Å². The molecular formula is C36H53N3O2Si. The highest BCUT2D eigenvalue weighted by atomic mass is 28.3. The lowest BCUT2D eigenvalue weighted by molar-refractivity contribution is 0.0205. The molecule has 1 aliphatic heterocycles. The summed E-state index contributed by atoms with van der Waals surface area (Å²) < 4.78 is 8.48. The van der Waals surface area contributed by atoms with Gasteiger partial charge in [-0.3, -0.25) is 0 Å². The first kappa shape index (κ1) is 30.7. The van der Waals surface area contributed by atoms with Gasteiger partial charge >= 0.3 is 6.09 Å². The number of carbonyl (C=O) groups excluding carboxylic acids is 1. The van der Waals surface area contributed by atoms with Gasteiger partial charge in [-0.1, -0.05) is 71.9 Å². The van der Waals surface area contributed by atoms with E-state index in [1.165, 1.54) is 33.3 Å². The summed E-state index contributed by atoms with van der Waals surface area (Å²) >= 11 is 0. The van der Waals surface area contributed by atoms with Gasteiger partial charge in [-0.05, 0) is 104 Å². The first-order chi connectivity index (χ1) is 19.8. The first-order valence-corrected chi connectivity index (χ1v) is 18.5. The van der Waals surface area contributed by atoms with Crippen LogP contribution in [0.1, 0.15) is 110 Å². The van der Waals surface area contributed by atoms with Crippen molar-refractivity contribution in [1.29, 1.82) is 0 Å². The molecule has 1 atom stereocenters. The molecule has 1 N–H and O–H groups in total. The molecule has 0 radical (unpaired) electrons. The van der Waals surface area contributed by atoms with Crippen molar-refractivity contribution in [1.82, 2.24) is 9.13 Å². The van der Waals surface area contributed by atoms with E-state index in [0.29, 0.717) is 28.6 Å². The van der Waals surface area contributed by atoms with Crippen molar-refractivity contribution in [3.05, 3.63) is 65.4 Å². The number of fused-ring (bicyclic) bond motifs is 2. The van der Waals surface area contributed by atoms with E-state index in [0.717, 1.165) is 38.8 Å². The molecule has 1 fully saturated rings. The van der Waals surface area contributed by atoms with Gasteiger partial charge in [0.05, 0.1) is 6.04 Å². The molecule has 1 aromatic heterocycles. The van der Waals surface area contributed by atoms with E-state index in [9.17, 15) is 4.79 Å². The summed E-state index contributed by atoms with van der Waals surface area (Å²) in [6, 6.07) is 16.4. The van der Waals surface area contributed by atoms with Crippen LogP contribution in [0.5, 0.6) is 0 Å². The number of ether oxygens (including phenoxy) is 1. The SMILES string of the molecule is CC(C)[Si](C(C)C)(C(C)C)n1cc(C2CCN(C(=O)OC(C)(C)C)CC2)c2ccc(NC3CCc4ccccc43)cc21. The summed E-state index contributed by atoms with van der Waals surface area (Å²) in [6.45, 7) is 22.0. The molecule has 2 aromatic carbocycles. The monoisotopic (exact) mass is 587 g/mol. The van der Waals surface area contributed by atoms with Gasteiger partial charge in [-0.2, -0.15) is 0 Å². The average Bonchev–Trinajstić information content (AvgIpc) is 3.49. The summed E-state index contributed by atoms with van der Waals surface area (Å²) in [7, 11) is -1.99. The van der Waals surface area contributed by atoms with Crippen LogP contribution in [-0.4, -0.2) is 42.2 Å². The second-order valence-corrected chi connectivity index (χ2v) is 20.4. The number of rotatable bonds is 7. The summed E-state index contributed by atoms with van der Waals surface area (Å²) in [5.74, 6) is 0.436. The zero-order valence-corrected chi connectivity index (χ0v) is 28.5. The summed E-state index contributed by atoms with van der Waals surface area (Å²) in [4.78, 5) is 14.7. The molecule has 3 aromatic rings. The molecule has 2 aliphatic rings. The predicted octanol–water partition coefficient (Wildman–Crippen LogP) is 9.88. The van der Waals surface area contributed by atoms with Crippen molar-refractivity contribution >= 4 is 30.9 Å². The maximum absolute atomic E-state index is 12.8. The molecule has 1 saturated heterocycles. The number of anilines is 1. The topological polar surface area (TPSA) is 46.5 Å². The quantitative estimate of drug-likeness (QED) is 0.280. The fraction of sp³-hybridized carbons (Fsp3) is 0.583. The van der Waals surface area contributed by atoms with Gasteiger partial charge in [0, 0.05) is 29.7 Å². The maximum Gasteiger partial charge on any atom is 0.410 e. The third kappa shape index (κ3) is 5.63. The number of hydrogen-bond donors (Lipinski definition) is 1. The van der Waals surface area contributed by atoms with E-state index < -0.39 is 13.8 Å². The minimum absolute atomic E-state index is 0.182. The summed E-state index contributed by atoms with van der Waals surface area (Å²) in [5, 5.41) is 5.32. The molecule has 0 saturated carbocycles. The van der Waals surface area contributed by atoms with Gasteiger partial charge < -0.3 is 19.2 Å². The molecule has 0 bridgehead atoms. The number of nitrogens with one attached hydrogen (secondary N) is 1. The molecular weight excluding hydrogens is 535 g/mol. The Morgan fingerprint density at radius 1 is 0.905 bits per heavy atom. The average molecular weight is 588 g/mol. The smallest absolute Gasteiger partial charge is 0.410 e. The van der Waals surface area contributed by atoms with Crippen molar-refractivity contribution in [3.8, 4) is 0 Å². The van der Waals surface area contributed by atoms with Crippen LogP contribution in [0.2, 0.25) is 16.6 Å². The Bertz CT molecular complexity index is 1390. The number of hydrogen-bond acceptors (Lipinski definition) is 3. The van der Waals surface area contributed by atoms with E-state index in [-0.39, 0.29) is 6.09 Å². The van der Waals surface area contributed by atoms with Gasteiger partial charge in [0.2, 0.25) is 0 Å². The number of likely N-dealkylation sites (tertiary alicyclic amines) is 1. The molecule has 6 heteroatoms. The Labute approximate surface area is 255 Å². The first-order valence-electron chi connectivity index (χ1n) is 16.3. The lowest BCUT2D eigenvalue weighted by atomic mass is 9.89. The van der Waals surface area contributed by atoms with Gasteiger partial charge in [0.1, 0.15) is 5.60 Å². The maximum atomic E-state index is 12.8. The van der Waals surface area contributed by atoms with E-state index in [2.05, 4.69) is 99.8 Å². The van der Waals surface area contributed by atoms with E-state index in [1.807, 2.05) is 25.7 Å². The zero-order valence-electron chi connectivity index (χ0n) is 27.5. The van der Waals surface area contributed by atoms with Crippen molar-refractivity contribution < 1.29 is 9.53 Å². The van der Waals surface area contributed by atoms with Gasteiger partial charge in [0.15, 0.2) is 8.24 Å². The molecule has 228 valence electrons. The second kappa shape index (κ2) is 11.7. The van der Waals surface area contributed by atoms with Gasteiger partial charge in [-0.15, -0.1) is 0 Å². The van der Waals surface area contributed by atoms with E-state index in [4.69, 9.17) is 4.74 Å². The Morgan fingerprint density at radius 2 is 1.55 bits per heavy atom. The summed E-state index contributed by atoms with van der Waals surface area (Å²) in [5.41, 5.74) is 8.34. The zero-order chi connectivity index (χ0) is 30.4. The lowest BCUT2D eigenvalue weighted by Crippen LogP contribution is -2.51.